The minimum Gasteiger partial charge on any atom is -0.325 e. The van der Waals surface area contributed by atoms with Gasteiger partial charge in [-0.05, 0) is 42.3 Å². The minimum atomic E-state index is -0.406. The van der Waals surface area contributed by atoms with Gasteiger partial charge in [-0.15, -0.1) is 0 Å². The van der Waals surface area contributed by atoms with Crippen molar-refractivity contribution < 1.29 is 0 Å². The summed E-state index contributed by atoms with van der Waals surface area (Å²) < 4.78 is 0. The summed E-state index contributed by atoms with van der Waals surface area (Å²) in [4.78, 5) is 7.03. The summed E-state index contributed by atoms with van der Waals surface area (Å²) in [6.07, 6.45) is 6.72. The first-order chi connectivity index (χ1) is 14.0. The molecule has 0 amide bonds. The zero-order valence-corrected chi connectivity index (χ0v) is 17.5. The molecule has 0 saturated carbocycles. The van der Waals surface area contributed by atoms with Crippen LogP contribution in [-0.2, 0) is 5.41 Å². The molecule has 5 rings (SSSR count). The molecule has 1 saturated heterocycles. The summed E-state index contributed by atoms with van der Waals surface area (Å²) in [5.41, 5.74) is 6.86. The van der Waals surface area contributed by atoms with Crippen molar-refractivity contribution in [2.75, 3.05) is 0 Å². The molecule has 3 atom stereocenters. The largest absolute Gasteiger partial charge is 0.325 e. The van der Waals surface area contributed by atoms with E-state index in [2.05, 4.69) is 47.3 Å². The van der Waals surface area contributed by atoms with Gasteiger partial charge >= 0.3 is 0 Å². The Morgan fingerprint density at radius 3 is 2.83 bits per heavy atom. The third-order valence-electron chi connectivity index (χ3n) is 6.06. The van der Waals surface area contributed by atoms with E-state index in [1.54, 1.807) is 0 Å². The Morgan fingerprint density at radius 2 is 2.03 bits per heavy atom. The number of hydrazone groups is 1. The number of halogens is 2. The van der Waals surface area contributed by atoms with Crippen molar-refractivity contribution in [2.45, 2.75) is 30.7 Å². The SMILES string of the molecule is C=C(C)[C@H]1N2C=CNN=C2C[C@@H](c2cccc(Cl)c2)[C@]12C=Nc1cc(Cl)ccc12. The molecule has 146 valence electrons. The first kappa shape index (κ1) is 18.5. The van der Waals surface area contributed by atoms with Crippen molar-refractivity contribution in [1.29, 1.82) is 0 Å². The fraction of sp³-hybridized carbons (Fsp3) is 0.217. The summed E-state index contributed by atoms with van der Waals surface area (Å²) in [5.74, 6) is 1.07. The molecule has 1 N–H and O–H groups in total. The van der Waals surface area contributed by atoms with Crippen LogP contribution in [0.3, 0.4) is 0 Å². The molecule has 6 heteroatoms. The number of benzene rings is 2. The van der Waals surface area contributed by atoms with Crippen molar-refractivity contribution in [1.82, 2.24) is 10.3 Å². The van der Waals surface area contributed by atoms with Gasteiger partial charge in [-0.3, -0.25) is 10.4 Å². The van der Waals surface area contributed by atoms with Gasteiger partial charge in [-0.2, -0.15) is 5.10 Å². The van der Waals surface area contributed by atoms with Gasteiger partial charge in [0.05, 0.1) is 17.1 Å². The van der Waals surface area contributed by atoms with Crippen molar-refractivity contribution in [3.05, 3.63) is 88.2 Å². The molecule has 1 spiro atoms. The number of nitrogens with one attached hydrogen (secondary N) is 1. The van der Waals surface area contributed by atoms with Crippen molar-refractivity contribution in [3.63, 3.8) is 0 Å². The van der Waals surface area contributed by atoms with Crippen LogP contribution in [0.5, 0.6) is 0 Å². The highest BCUT2D eigenvalue weighted by Crippen LogP contribution is 2.55. The summed E-state index contributed by atoms with van der Waals surface area (Å²) in [7, 11) is 0. The predicted molar refractivity (Wildman–Crippen MR) is 120 cm³/mol. The number of nitrogens with zero attached hydrogens (tertiary/aromatic N) is 3. The Morgan fingerprint density at radius 1 is 1.21 bits per heavy atom. The molecule has 0 bridgehead atoms. The van der Waals surface area contributed by atoms with E-state index in [4.69, 9.17) is 28.2 Å². The number of hydrogen-bond acceptors (Lipinski definition) is 4. The molecule has 3 aliphatic rings. The van der Waals surface area contributed by atoms with Crippen LogP contribution in [0.25, 0.3) is 0 Å². The maximum atomic E-state index is 6.38. The van der Waals surface area contributed by atoms with Gasteiger partial charge < -0.3 is 4.90 Å². The van der Waals surface area contributed by atoms with E-state index in [-0.39, 0.29) is 12.0 Å². The molecule has 0 aromatic heterocycles. The fourth-order valence-electron chi connectivity index (χ4n) is 5.01. The smallest absolute Gasteiger partial charge is 0.130 e. The third kappa shape index (κ3) is 2.74. The van der Waals surface area contributed by atoms with Crippen LogP contribution in [0.15, 0.2) is 77.1 Å². The van der Waals surface area contributed by atoms with Gasteiger partial charge in [0, 0.05) is 41.0 Å². The van der Waals surface area contributed by atoms with Gasteiger partial charge in [-0.1, -0.05) is 53.6 Å². The van der Waals surface area contributed by atoms with E-state index >= 15 is 0 Å². The molecular weight excluding hydrogens is 403 g/mol. The summed E-state index contributed by atoms with van der Waals surface area (Å²) in [6, 6.07) is 14.0. The molecule has 0 unspecified atom stereocenters. The van der Waals surface area contributed by atoms with Crippen molar-refractivity contribution in [2.24, 2.45) is 10.1 Å². The zero-order valence-electron chi connectivity index (χ0n) is 15.9. The Bertz CT molecular complexity index is 1100. The van der Waals surface area contributed by atoms with Crippen LogP contribution in [0, 0.1) is 0 Å². The topological polar surface area (TPSA) is 40.0 Å². The lowest BCUT2D eigenvalue weighted by molar-refractivity contribution is 0.257. The molecule has 1 fully saturated rings. The quantitative estimate of drug-likeness (QED) is 0.623. The maximum absolute atomic E-state index is 6.38. The lowest BCUT2D eigenvalue weighted by Gasteiger charge is -2.53. The second-order valence-corrected chi connectivity index (χ2v) is 8.67. The average Bonchev–Trinajstić information content (AvgIpc) is 3.05. The molecule has 0 radical (unpaired) electrons. The average molecular weight is 423 g/mol. The van der Waals surface area contributed by atoms with Crippen LogP contribution in [0.1, 0.15) is 30.4 Å². The van der Waals surface area contributed by atoms with E-state index in [9.17, 15) is 0 Å². The van der Waals surface area contributed by atoms with Crippen molar-refractivity contribution >= 4 is 40.9 Å². The van der Waals surface area contributed by atoms with Gasteiger partial charge in [-0.25, -0.2) is 0 Å². The molecule has 0 aliphatic carbocycles. The van der Waals surface area contributed by atoms with E-state index in [1.165, 1.54) is 0 Å². The summed E-state index contributed by atoms with van der Waals surface area (Å²) in [6.45, 7) is 6.43. The molecule has 2 aromatic carbocycles. The predicted octanol–water partition coefficient (Wildman–Crippen LogP) is 5.77. The van der Waals surface area contributed by atoms with Crippen molar-refractivity contribution in [3.8, 4) is 0 Å². The van der Waals surface area contributed by atoms with Crippen LogP contribution < -0.4 is 5.43 Å². The van der Waals surface area contributed by atoms with Crippen LogP contribution in [0.2, 0.25) is 10.0 Å². The standard InChI is InChI=1S/C23H20Cl2N4/c1-14(2)22-23(13-26-20-11-17(25)6-7-18(20)23)19(15-4-3-5-16(24)10-15)12-21-28-27-8-9-29(21)22/h3-11,13,19,22,27H,1,12H2,2H3/t19-,22+,23+/m0/s1. The Balaban J connectivity index is 1.79. The van der Waals surface area contributed by atoms with Gasteiger partial charge in [0.15, 0.2) is 0 Å². The number of piperidine rings is 1. The number of aliphatic imine (C=N–C) groups is 1. The Hall–Kier alpha value is -2.56. The second-order valence-electron chi connectivity index (χ2n) is 7.79. The minimum absolute atomic E-state index is 0.0384. The number of hydrogen-bond donors (Lipinski definition) is 1. The second kappa shape index (κ2) is 6.75. The monoisotopic (exact) mass is 422 g/mol. The van der Waals surface area contributed by atoms with Gasteiger partial charge in [0.2, 0.25) is 0 Å². The van der Waals surface area contributed by atoms with Crippen LogP contribution >= 0.6 is 23.2 Å². The van der Waals surface area contributed by atoms with E-state index in [1.807, 2.05) is 42.7 Å². The number of amidine groups is 1. The molecule has 29 heavy (non-hydrogen) atoms. The number of rotatable bonds is 2. The van der Waals surface area contributed by atoms with Gasteiger partial charge in [0.25, 0.3) is 0 Å². The highest BCUT2D eigenvalue weighted by Gasteiger charge is 2.56. The molecule has 2 aromatic rings. The zero-order chi connectivity index (χ0) is 20.2. The lowest BCUT2D eigenvalue weighted by atomic mass is 9.59. The van der Waals surface area contributed by atoms with E-state index < -0.39 is 5.41 Å². The highest BCUT2D eigenvalue weighted by atomic mass is 35.5. The normalized spacial score (nSPS) is 26.7. The Kier molecular flexibility index (Phi) is 4.30. The molecule has 3 aliphatic heterocycles. The number of fused-ring (bicyclic) bond motifs is 3. The molecule has 3 heterocycles. The van der Waals surface area contributed by atoms with Gasteiger partial charge in [0.1, 0.15) is 5.84 Å². The first-order valence-electron chi connectivity index (χ1n) is 9.54. The Labute approximate surface area is 180 Å². The van der Waals surface area contributed by atoms with Crippen LogP contribution in [0.4, 0.5) is 5.69 Å². The molecule has 4 nitrogen and oxygen atoms in total. The third-order valence-corrected chi connectivity index (χ3v) is 6.53. The summed E-state index contributed by atoms with van der Waals surface area (Å²) in [5, 5.41) is 5.98. The maximum Gasteiger partial charge on any atom is 0.130 e. The van der Waals surface area contributed by atoms with E-state index in [0.29, 0.717) is 5.02 Å². The van der Waals surface area contributed by atoms with Crippen LogP contribution in [-0.4, -0.2) is 23.0 Å². The summed E-state index contributed by atoms with van der Waals surface area (Å²) >= 11 is 12.7. The fourth-order valence-corrected chi connectivity index (χ4v) is 5.37. The van der Waals surface area contributed by atoms with E-state index in [0.717, 1.165) is 39.7 Å². The lowest BCUT2D eigenvalue weighted by Crippen LogP contribution is -2.60. The molecular formula is C23H20Cl2N4. The highest BCUT2D eigenvalue weighted by molar-refractivity contribution is 6.31. The first-order valence-corrected chi connectivity index (χ1v) is 10.3.